The van der Waals surface area contributed by atoms with Crippen molar-refractivity contribution in [1.82, 2.24) is 15.0 Å². The molecule has 120 valence electrons. The molecule has 0 fully saturated rings. The zero-order chi connectivity index (χ0) is 16.7. The van der Waals surface area contributed by atoms with Crippen LogP contribution in [-0.2, 0) is 19.4 Å². The molecule has 0 amide bonds. The van der Waals surface area contributed by atoms with Crippen molar-refractivity contribution in [3.63, 3.8) is 0 Å². The lowest BCUT2D eigenvalue weighted by atomic mass is 9.89. The minimum Gasteiger partial charge on any atom is -0.267 e. The molecule has 1 aromatic carbocycles. The molecular weight excluding hydrogens is 320 g/mol. The maximum atomic E-state index is 12.9. The summed E-state index contributed by atoms with van der Waals surface area (Å²) in [5.74, 6) is 0.656. The molecule has 6 heteroatoms. The highest BCUT2D eigenvalue weighted by atomic mass is 32.1. The van der Waals surface area contributed by atoms with Crippen LogP contribution in [-0.4, -0.2) is 15.0 Å². The highest BCUT2D eigenvalue weighted by molar-refractivity contribution is 7.18. The van der Waals surface area contributed by atoms with Crippen molar-refractivity contribution in [2.24, 2.45) is 5.92 Å². The molecule has 1 aliphatic rings. The second-order valence-corrected chi connectivity index (χ2v) is 7.44. The summed E-state index contributed by atoms with van der Waals surface area (Å²) in [6.45, 7) is 2.52. The van der Waals surface area contributed by atoms with Gasteiger partial charge in [-0.05, 0) is 42.4 Å². The molecule has 0 saturated carbocycles. The van der Waals surface area contributed by atoms with E-state index in [9.17, 15) is 10.1 Å². The Morgan fingerprint density at radius 1 is 1.42 bits per heavy atom. The van der Waals surface area contributed by atoms with E-state index in [0.717, 1.165) is 40.6 Å². The molecule has 1 unspecified atom stereocenters. The Labute approximate surface area is 143 Å². The average molecular weight is 336 g/mol. The summed E-state index contributed by atoms with van der Waals surface area (Å²) in [6.07, 6.45) is 3.07. The van der Waals surface area contributed by atoms with Gasteiger partial charge in [0.05, 0.1) is 23.6 Å². The summed E-state index contributed by atoms with van der Waals surface area (Å²) in [5.41, 5.74) is 2.41. The first-order valence-electron chi connectivity index (χ1n) is 8.03. The van der Waals surface area contributed by atoms with E-state index in [1.54, 1.807) is 17.4 Å². The number of aromatic nitrogens is 3. The van der Waals surface area contributed by atoms with Gasteiger partial charge in [-0.1, -0.05) is 30.3 Å². The molecule has 3 aromatic rings. The molecule has 24 heavy (non-hydrogen) atoms. The van der Waals surface area contributed by atoms with Gasteiger partial charge in [0.25, 0.3) is 5.56 Å². The molecule has 1 atom stereocenters. The standard InChI is InChI=1S/C18H16N4OS/c1-11-6-7-14-15(8-11)24-17-16(14)18(23)22(21-20-17)10-13-5-3-2-4-12(13)9-19/h2-5,11H,6-8,10H2,1H3. The molecular formula is C18H16N4OS. The second kappa shape index (κ2) is 5.84. The number of hydrogen-bond acceptors (Lipinski definition) is 5. The van der Waals surface area contributed by atoms with Crippen LogP contribution in [0.25, 0.3) is 10.2 Å². The summed E-state index contributed by atoms with van der Waals surface area (Å²) in [7, 11) is 0. The van der Waals surface area contributed by atoms with Gasteiger partial charge in [-0.15, -0.1) is 16.4 Å². The van der Waals surface area contributed by atoms with Gasteiger partial charge in [0.2, 0.25) is 0 Å². The predicted molar refractivity (Wildman–Crippen MR) is 93.1 cm³/mol. The maximum Gasteiger partial charge on any atom is 0.279 e. The number of benzene rings is 1. The predicted octanol–water partition coefficient (Wildman–Crippen LogP) is 2.90. The SMILES string of the molecule is CC1CCc2c(sc3nnn(Cc4ccccc4C#N)c(=O)c23)C1. The number of hydrogen-bond donors (Lipinski definition) is 0. The Bertz CT molecular complexity index is 1030. The first-order chi connectivity index (χ1) is 11.7. The van der Waals surface area contributed by atoms with Gasteiger partial charge in [0.1, 0.15) is 0 Å². The number of fused-ring (bicyclic) bond motifs is 3. The van der Waals surface area contributed by atoms with Crippen LogP contribution < -0.4 is 5.56 Å². The molecule has 0 radical (unpaired) electrons. The third-order valence-electron chi connectivity index (χ3n) is 4.64. The summed E-state index contributed by atoms with van der Waals surface area (Å²) in [4.78, 5) is 15.0. The van der Waals surface area contributed by atoms with Crippen molar-refractivity contribution < 1.29 is 0 Å². The Morgan fingerprint density at radius 3 is 3.08 bits per heavy atom. The van der Waals surface area contributed by atoms with Gasteiger partial charge in [-0.2, -0.15) is 5.26 Å². The molecule has 0 saturated heterocycles. The first kappa shape index (κ1) is 15.0. The zero-order valence-corrected chi connectivity index (χ0v) is 14.1. The van der Waals surface area contributed by atoms with E-state index in [4.69, 9.17) is 0 Å². The van der Waals surface area contributed by atoms with Crippen LogP contribution in [0.2, 0.25) is 0 Å². The molecule has 5 nitrogen and oxygen atoms in total. The zero-order valence-electron chi connectivity index (χ0n) is 13.3. The van der Waals surface area contributed by atoms with Crippen LogP contribution in [0.5, 0.6) is 0 Å². The quantitative estimate of drug-likeness (QED) is 0.721. The van der Waals surface area contributed by atoms with Crippen LogP contribution in [0, 0.1) is 17.2 Å². The monoisotopic (exact) mass is 336 g/mol. The van der Waals surface area contributed by atoms with Crippen molar-refractivity contribution in [3.05, 3.63) is 56.2 Å². The van der Waals surface area contributed by atoms with Crippen LogP contribution in [0.4, 0.5) is 0 Å². The molecule has 2 aromatic heterocycles. The van der Waals surface area contributed by atoms with Crippen LogP contribution in [0.1, 0.15) is 34.9 Å². The largest absolute Gasteiger partial charge is 0.279 e. The van der Waals surface area contributed by atoms with Crippen molar-refractivity contribution in [3.8, 4) is 6.07 Å². The highest BCUT2D eigenvalue weighted by Crippen LogP contribution is 2.35. The number of nitriles is 1. The minimum atomic E-state index is -0.0974. The number of thiophene rings is 1. The van der Waals surface area contributed by atoms with Crippen LogP contribution >= 0.6 is 11.3 Å². The van der Waals surface area contributed by atoms with Crippen molar-refractivity contribution in [1.29, 1.82) is 5.26 Å². The van der Waals surface area contributed by atoms with Crippen LogP contribution in [0.3, 0.4) is 0 Å². The van der Waals surface area contributed by atoms with Gasteiger partial charge < -0.3 is 0 Å². The number of rotatable bonds is 2. The fourth-order valence-electron chi connectivity index (χ4n) is 3.32. The fourth-order valence-corrected chi connectivity index (χ4v) is 4.64. The molecule has 0 N–H and O–H groups in total. The first-order valence-corrected chi connectivity index (χ1v) is 8.85. The lowest BCUT2D eigenvalue weighted by molar-refractivity contribution is 0.508. The van der Waals surface area contributed by atoms with Gasteiger partial charge in [0.15, 0.2) is 4.83 Å². The Balaban J connectivity index is 1.82. The molecule has 1 aliphatic carbocycles. The Morgan fingerprint density at radius 2 is 2.25 bits per heavy atom. The highest BCUT2D eigenvalue weighted by Gasteiger charge is 2.23. The molecule has 4 rings (SSSR count). The number of aryl methyl sites for hydroxylation is 1. The van der Waals surface area contributed by atoms with E-state index < -0.39 is 0 Å². The third kappa shape index (κ3) is 2.42. The van der Waals surface area contributed by atoms with Crippen LogP contribution in [0.15, 0.2) is 29.1 Å². The molecule has 0 spiro atoms. The van der Waals surface area contributed by atoms with E-state index in [1.165, 1.54) is 9.56 Å². The summed E-state index contributed by atoms with van der Waals surface area (Å²) in [5, 5.41) is 18.3. The third-order valence-corrected chi connectivity index (χ3v) is 5.78. The van der Waals surface area contributed by atoms with Gasteiger partial charge >= 0.3 is 0 Å². The maximum absolute atomic E-state index is 12.9. The Kier molecular flexibility index (Phi) is 3.66. The summed E-state index contributed by atoms with van der Waals surface area (Å²) in [6, 6.07) is 9.44. The van der Waals surface area contributed by atoms with Crippen molar-refractivity contribution >= 4 is 21.6 Å². The van der Waals surface area contributed by atoms with E-state index in [2.05, 4.69) is 23.3 Å². The van der Waals surface area contributed by atoms with Crippen molar-refractivity contribution in [2.45, 2.75) is 32.7 Å². The minimum absolute atomic E-state index is 0.0974. The normalized spacial score (nSPS) is 16.8. The second-order valence-electron chi connectivity index (χ2n) is 6.35. The Hall–Kier alpha value is -2.52. The smallest absolute Gasteiger partial charge is 0.267 e. The van der Waals surface area contributed by atoms with Gasteiger partial charge in [-0.3, -0.25) is 4.79 Å². The topological polar surface area (TPSA) is 71.6 Å². The summed E-state index contributed by atoms with van der Waals surface area (Å²) >= 11 is 1.60. The molecule has 0 aliphatic heterocycles. The fraction of sp³-hybridized carbons (Fsp3) is 0.333. The molecule has 0 bridgehead atoms. The number of nitrogens with zero attached hydrogens (tertiary/aromatic N) is 4. The lowest BCUT2D eigenvalue weighted by Gasteiger charge is -2.17. The lowest BCUT2D eigenvalue weighted by Crippen LogP contribution is -2.25. The summed E-state index contributed by atoms with van der Waals surface area (Å²) < 4.78 is 1.38. The van der Waals surface area contributed by atoms with E-state index in [1.807, 2.05) is 18.2 Å². The average Bonchev–Trinajstić information content (AvgIpc) is 2.96. The molecule has 2 heterocycles. The van der Waals surface area contributed by atoms with E-state index >= 15 is 0 Å². The van der Waals surface area contributed by atoms with E-state index in [0.29, 0.717) is 11.5 Å². The van der Waals surface area contributed by atoms with E-state index in [-0.39, 0.29) is 12.1 Å². The van der Waals surface area contributed by atoms with Gasteiger partial charge in [0, 0.05) is 4.88 Å². The van der Waals surface area contributed by atoms with Gasteiger partial charge in [-0.25, -0.2) is 4.68 Å². The van der Waals surface area contributed by atoms with Crippen molar-refractivity contribution in [2.75, 3.05) is 0 Å².